The van der Waals surface area contributed by atoms with E-state index in [9.17, 15) is 39.0 Å². The number of hydrogen-bond donors (Lipinski definition) is 9. The zero-order chi connectivity index (χ0) is 32.7. The molecule has 15 nitrogen and oxygen atoms in total. The first-order chi connectivity index (χ1) is 20.1. The van der Waals surface area contributed by atoms with Crippen molar-refractivity contribution in [2.45, 2.75) is 77.0 Å². The molecular formula is C28H43N7O8. The molecule has 0 aliphatic carbocycles. The lowest BCUT2D eigenvalue weighted by Crippen LogP contribution is -2.57. The molecule has 0 fully saturated rings. The standard InChI is InChI=1S/C28H43N7O8/c1-15(2)23(21(36)13-18(27(42)43)12-17-8-5-4-6-9-17)35-26(41)20(14-22(37)38)34-24(39)16(3)33-25(40)19(29)10-7-11-32-28(30)31/h4-6,8-9,15-16,18-20,23H,7,10-14,29H2,1-3H3,(H,33,40)(H,34,39)(H,35,41)(H,37,38)(H,42,43)(H4,30,31,32)/t16-,18?,19-,20-,23?/m0/s1. The van der Waals surface area contributed by atoms with E-state index >= 15 is 0 Å². The maximum atomic E-state index is 13.2. The number of hydrogen-bond acceptors (Lipinski definition) is 8. The molecule has 3 amide bonds. The number of carboxylic acids is 2. The lowest BCUT2D eigenvalue weighted by molar-refractivity contribution is -0.144. The number of benzene rings is 1. The summed E-state index contributed by atoms with van der Waals surface area (Å²) in [4.78, 5) is 74.7. The Balaban J connectivity index is 2.87. The molecule has 11 N–H and O–H groups in total. The third-order valence-corrected chi connectivity index (χ3v) is 6.54. The molecule has 0 spiro atoms. The highest BCUT2D eigenvalue weighted by molar-refractivity contribution is 5.97. The molecule has 1 aromatic carbocycles. The van der Waals surface area contributed by atoms with Gasteiger partial charge in [-0.05, 0) is 37.7 Å². The van der Waals surface area contributed by atoms with Gasteiger partial charge in [0.2, 0.25) is 17.7 Å². The number of nitrogens with one attached hydrogen (secondary N) is 5. The van der Waals surface area contributed by atoms with Crippen LogP contribution in [0.4, 0.5) is 0 Å². The van der Waals surface area contributed by atoms with Crippen LogP contribution in [0.15, 0.2) is 30.3 Å². The van der Waals surface area contributed by atoms with Crippen molar-refractivity contribution in [3.8, 4) is 0 Å². The Bertz CT molecular complexity index is 1150. The molecule has 2 unspecified atom stereocenters. The van der Waals surface area contributed by atoms with Gasteiger partial charge in [0.1, 0.15) is 12.1 Å². The summed E-state index contributed by atoms with van der Waals surface area (Å²) < 4.78 is 0. The number of guanidine groups is 1. The van der Waals surface area contributed by atoms with Gasteiger partial charge >= 0.3 is 11.9 Å². The van der Waals surface area contributed by atoms with E-state index in [1.54, 1.807) is 44.2 Å². The fourth-order valence-electron chi connectivity index (χ4n) is 4.13. The summed E-state index contributed by atoms with van der Waals surface area (Å²) in [6, 6.07) is 3.87. The van der Waals surface area contributed by atoms with Crippen molar-refractivity contribution in [3.63, 3.8) is 0 Å². The molecule has 15 heteroatoms. The largest absolute Gasteiger partial charge is 0.481 e. The quantitative estimate of drug-likeness (QED) is 0.0529. The molecule has 0 bridgehead atoms. The van der Waals surface area contributed by atoms with Crippen molar-refractivity contribution < 1.29 is 39.0 Å². The number of amides is 3. The second-order valence-electron chi connectivity index (χ2n) is 10.6. The molecule has 0 aliphatic rings. The Kier molecular flexibility index (Phi) is 15.4. The van der Waals surface area contributed by atoms with Gasteiger partial charge in [0.15, 0.2) is 11.7 Å². The van der Waals surface area contributed by atoms with Gasteiger partial charge in [-0.2, -0.15) is 0 Å². The fourth-order valence-corrected chi connectivity index (χ4v) is 4.13. The van der Waals surface area contributed by atoms with E-state index in [1.165, 1.54) is 6.92 Å². The highest BCUT2D eigenvalue weighted by Gasteiger charge is 2.33. The fraction of sp³-hybridized carbons (Fsp3) is 0.536. The predicted octanol–water partition coefficient (Wildman–Crippen LogP) is -0.915. The van der Waals surface area contributed by atoms with Crippen molar-refractivity contribution in [3.05, 3.63) is 35.9 Å². The van der Waals surface area contributed by atoms with Gasteiger partial charge in [0.25, 0.3) is 0 Å². The molecule has 0 radical (unpaired) electrons. The summed E-state index contributed by atoms with van der Waals surface area (Å²) in [6.45, 7) is 4.92. The van der Waals surface area contributed by atoms with Gasteiger partial charge in [-0.15, -0.1) is 0 Å². The SMILES string of the molecule is CC(C)C(NC(=O)[C@H](CC(=O)O)NC(=O)[C@H](C)NC(=O)[C@@H](N)CCCNC(=N)N)C(=O)CC(Cc1ccccc1)C(=O)O. The van der Waals surface area contributed by atoms with Gasteiger partial charge in [-0.25, -0.2) is 0 Å². The van der Waals surface area contributed by atoms with Crippen LogP contribution in [0.25, 0.3) is 0 Å². The van der Waals surface area contributed by atoms with Crippen LogP contribution in [-0.4, -0.2) is 82.3 Å². The molecule has 43 heavy (non-hydrogen) atoms. The Morgan fingerprint density at radius 2 is 1.51 bits per heavy atom. The topological polar surface area (TPSA) is 267 Å². The highest BCUT2D eigenvalue weighted by atomic mass is 16.4. The lowest BCUT2D eigenvalue weighted by Gasteiger charge is -2.26. The number of carbonyl (C=O) groups is 6. The first-order valence-corrected chi connectivity index (χ1v) is 13.9. The first-order valence-electron chi connectivity index (χ1n) is 13.9. The van der Waals surface area contributed by atoms with Crippen LogP contribution in [0.3, 0.4) is 0 Å². The zero-order valence-corrected chi connectivity index (χ0v) is 24.6. The number of nitrogens with two attached hydrogens (primary N) is 2. The maximum absolute atomic E-state index is 13.2. The molecule has 238 valence electrons. The van der Waals surface area contributed by atoms with Gasteiger partial charge in [0, 0.05) is 13.0 Å². The summed E-state index contributed by atoms with van der Waals surface area (Å²) in [7, 11) is 0. The van der Waals surface area contributed by atoms with Crippen LogP contribution in [0, 0.1) is 17.2 Å². The number of aliphatic carboxylic acids is 2. The summed E-state index contributed by atoms with van der Waals surface area (Å²) >= 11 is 0. The first kappa shape index (κ1) is 36.5. The van der Waals surface area contributed by atoms with Crippen LogP contribution in [0.2, 0.25) is 0 Å². The minimum absolute atomic E-state index is 0.0982. The van der Waals surface area contributed by atoms with Gasteiger partial charge < -0.3 is 42.9 Å². The van der Waals surface area contributed by atoms with E-state index in [1.807, 2.05) is 0 Å². The smallest absolute Gasteiger partial charge is 0.307 e. The Morgan fingerprint density at radius 1 is 0.884 bits per heavy atom. The molecule has 1 rings (SSSR count). The molecule has 0 saturated heterocycles. The third-order valence-electron chi connectivity index (χ3n) is 6.54. The molecule has 0 aliphatic heterocycles. The van der Waals surface area contributed by atoms with Crippen molar-refractivity contribution in [2.24, 2.45) is 23.3 Å². The van der Waals surface area contributed by atoms with Crippen molar-refractivity contribution in [1.29, 1.82) is 5.41 Å². The minimum Gasteiger partial charge on any atom is -0.481 e. The monoisotopic (exact) mass is 605 g/mol. The van der Waals surface area contributed by atoms with E-state index in [2.05, 4.69) is 21.3 Å². The van der Waals surface area contributed by atoms with E-state index < -0.39 is 77.9 Å². The number of ketones is 1. The van der Waals surface area contributed by atoms with Gasteiger partial charge in [-0.1, -0.05) is 44.2 Å². The lowest BCUT2D eigenvalue weighted by atomic mass is 9.89. The highest BCUT2D eigenvalue weighted by Crippen LogP contribution is 2.17. The van der Waals surface area contributed by atoms with Gasteiger partial charge in [0.05, 0.1) is 24.4 Å². The normalized spacial score (nSPS) is 14.3. The number of carboxylic acid groups (broad SMARTS) is 2. The Labute approximate surface area is 250 Å². The Hall–Kier alpha value is -4.53. The number of carbonyl (C=O) groups excluding carboxylic acids is 4. The Morgan fingerprint density at radius 3 is 2.05 bits per heavy atom. The van der Waals surface area contributed by atoms with Crippen LogP contribution in [0.5, 0.6) is 0 Å². The molecule has 0 heterocycles. The van der Waals surface area contributed by atoms with Crippen LogP contribution in [-0.2, 0) is 35.2 Å². The van der Waals surface area contributed by atoms with E-state index in [0.717, 1.165) is 5.56 Å². The molecule has 0 saturated carbocycles. The van der Waals surface area contributed by atoms with Crippen LogP contribution >= 0.6 is 0 Å². The average molecular weight is 606 g/mol. The van der Waals surface area contributed by atoms with Crippen LogP contribution < -0.4 is 32.7 Å². The summed E-state index contributed by atoms with van der Waals surface area (Å²) in [5.41, 5.74) is 11.7. The van der Waals surface area contributed by atoms with Crippen molar-refractivity contribution in [1.82, 2.24) is 21.3 Å². The molecule has 1 aromatic rings. The third kappa shape index (κ3) is 13.8. The summed E-state index contributed by atoms with van der Waals surface area (Å²) in [5.74, 6) is -7.35. The van der Waals surface area contributed by atoms with Crippen molar-refractivity contribution in [2.75, 3.05) is 6.54 Å². The number of Topliss-reactive ketones (excluding diaryl/α,β-unsaturated/α-hetero) is 1. The predicted molar refractivity (Wildman–Crippen MR) is 157 cm³/mol. The summed E-state index contributed by atoms with van der Waals surface area (Å²) in [5, 5.41) is 35.9. The van der Waals surface area contributed by atoms with Gasteiger partial charge in [-0.3, -0.25) is 34.2 Å². The van der Waals surface area contributed by atoms with Crippen molar-refractivity contribution >= 4 is 41.4 Å². The van der Waals surface area contributed by atoms with Crippen LogP contribution in [0.1, 0.15) is 52.0 Å². The second-order valence-corrected chi connectivity index (χ2v) is 10.6. The second kappa shape index (κ2) is 18.1. The molecule has 0 aromatic heterocycles. The maximum Gasteiger partial charge on any atom is 0.307 e. The zero-order valence-electron chi connectivity index (χ0n) is 24.6. The number of rotatable bonds is 19. The van der Waals surface area contributed by atoms with E-state index in [-0.39, 0.29) is 25.2 Å². The molecule has 5 atom stereocenters. The van der Waals surface area contributed by atoms with E-state index in [0.29, 0.717) is 13.0 Å². The molecular weight excluding hydrogens is 562 g/mol. The average Bonchev–Trinajstić information content (AvgIpc) is 2.92. The summed E-state index contributed by atoms with van der Waals surface area (Å²) in [6.07, 6.45) is -0.446. The minimum atomic E-state index is -1.59. The van der Waals surface area contributed by atoms with E-state index in [4.69, 9.17) is 16.9 Å².